The van der Waals surface area contributed by atoms with Gasteiger partial charge in [0, 0.05) is 18.2 Å². The molecule has 3 nitrogen and oxygen atoms in total. The number of phenolic OH excluding ortho intramolecular Hbond substituents is 1. The van der Waals surface area contributed by atoms with Crippen molar-refractivity contribution in [3.05, 3.63) is 23.8 Å². The van der Waals surface area contributed by atoms with Gasteiger partial charge in [0.25, 0.3) is 0 Å². The van der Waals surface area contributed by atoms with Crippen LogP contribution in [0.2, 0.25) is 0 Å². The minimum Gasteiger partial charge on any atom is -0.508 e. The first-order chi connectivity index (χ1) is 6.66. The van der Waals surface area contributed by atoms with Crippen LogP contribution in [0, 0.1) is 0 Å². The molecule has 1 aromatic carbocycles. The number of aliphatic hydroxyl groups excluding tert-OH is 1. The fraction of sp³-hybridized carbons (Fsp3) is 0.455. The number of anilines is 1. The summed E-state index contributed by atoms with van der Waals surface area (Å²) in [5, 5.41) is 21.9. The van der Waals surface area contributed by atoms with Crippen molar-refractivity contribution < 1.29 is 10.2 Å². The van der Waals surface area contributed by atoms with Crippen molar-refractivity contribution in [2.24, 2.45) is 0 Å². The van der Waals surface area contributed by atoms with E-state index >= 15 is 0 Å². The molecule has 1 aliphatic heterocycles. The minimum atomic E-state index is -0.296. The molecule has 2 atom stereocenters. The molecule has 76 valence electrons. The molecule has 0 bridgehead atoms. The van der Waals surface area contributed by atoms with Crippen molar-refractivity contribution in [3.8, 4) is 5.75 Å². The molecule has 2 rings (SSSR count). The predicted octanol–water partition coefficient (Wildman–Crippen LogP) is 1.67. The predicted molar refractivity (Wildman–Crippen MR) is 55.6 cm³/mol. The molecule has 0 fully saturated rings. The average molecular weight is 193 g/mol. The summed E-state index contributed by atoms with van der Waals surface area (Å²) in [4.78, 5) is 0. The number of rotatable bonds is 2. The normalized spacial score (nSPS) is 21.4. The molecule has 0 saturated heterocycles. The standard InChI is InChI=1S/C11H15NO2/c1-7(13)4-8-6-12-11-3-2-9(14)5-10(8)11/h2-3,5,7-8,12-14H,4,6H2,1H3. The number of benzene rings is 1. The van der Waals surface area contributed by atoms with E-state index in [0.29, 0.717) is 11.7 Å². The van der Waals surface area contributed by atoms with E-state index in [4.69, 9.17) is 0 Å². The highest BCUT2D eigenvalue weighted by atomic mass is 16.3. The lowest BCUT2D eigenvalue weighted by atomic mass is 9.95. The van der Waals surface area contributed by atoms with Crippen LogP contribution in [0.15, 0.2) is 18.2 Å². The molecule has 14 heavy (non-hydrogen) atoms. The minimum absolute atomic E-state index is 0.294. The highest BCUT2D eigenvalue weighted by Crippen LogP contribution is 2.36. The lowest BCUT2D eigenvalue weighted by Gasteiger charge is -2.11. The van der Waals surface area contributed by atoms with E-state index in [1.807, 2.05) is 6.07 Å². The lowest BCUT2D eigenvalue weighted by Crippen LogP contribution is -2.10. The van der Waals surface area contributed by atoms with Crippen molar-refractivity contribution in [1.82, 2.24) is 0 Å². The van der Waals surface area contributed by atoms with Gasteiger partial charge in [-0.15, -0.1) is 0 Å². The Hall–Kier alpha value is -1.22. The van der Waals surface area contributed by atoms with Gasteiger partial charge in [-0.05, 0) is 37.1 Å². The number of nitrogens with one attached hydrogen (secondary N) is 1. The quantitative estimate of drug-likeness (QED) is 0.626. The van der Waals surface area contributed by atoms with E-state index in [2.05, 4.69) is 5.32 Å². The summed E-state index contributed by atoms with van der Waals surface area (Å²) in [6.07, 6.45) is 0.443. The maximum Gasteiger partial charge on any atom is 0.116 e. The van der Waals surface area contributed by atoms with Gasteiger partial charge in [-0.2, -0.15) is 0 Å². The Bertz CT molecular complexity index is 336. The van der Waals surface area contributed by atoms with Crippen molar-refractivity contribution in [2.45, 2.75) is 25.4 Å². The Morgan fingerprint density at radius 1 is 1.57 bits per heavy atom. The smallest absolute Gasteiger partial charge is 0.116 e. The van der Waals surface area contributed by atoms with E-state index in [-0.39, 0.29) is 6.10 Å². The number of fused-ring (bicyclic) bond motifs is 1. The van der Waals surface area contributed by atoms with Gasteiger partial charge in [0.15, 0.2) is 0 Å². The molecule has 0 amide bonds. The molecule has 0 aromatic heterocycles. The van der Waals surface area contributed by atoms with E-state index in [0.717, 1.165) is 24.2 Å². The SMILES string of the molecule is CC(O)CC1CNc2ccc(O)cc21. The van der Waals surface area contributed by atoms with Crippen molar-refractivity contribution >= 4 is 5.69 Å². The van der Waals surface area contributed by atoms with Crippen molar-refractivity contribution in [2.75, 3.05) is 11.9 Å². The molecular formula is C11H15NO2. The van der Waals surface area contributed by atoms with Crippen LogP contribution in [0.25, 0.3) is 0 Å². The number of phenols is 1. The summed E-state index contributed by atoms with van der Waals surface area (Å²) in [7, 11) is 0. The number of hydrogen-bond donors (Lipinski definition) is 3. The van der Waals surface area contributed by atoms with Crippen LogP contribution in [0.5, 0.6) is 5.75 Å². The third-order valence-electron chi connectivity index (χ3n) is 2.64. The van der Waals surface area contributed by atoms with Gasteiger partial charge in [-0.25, -0.2) is 0 Å². The van der Waals surface area contributed by atoms with Crippen LogP contribution < -0.4 is 5.32 Å². The molecule has 3 N–H and O–H groups in total. The third kappa shape index (κ3) is 1.68. The van der Waals surface area contributed by atoms with Crippen LogP contribution in [0.3, 0.4) is 0 Å². The maximum atomic E-state index is 9.36. The van der Waals surface area contributed by atoms with Crippen LogP contribution in [0.1, 0.15) is 24.8 Å². The molecular weight excluding hydrogens is 178 g/mol. The van der Waals surface area contributed by atoms with Crippen LogP contribution >= 0.6 is 0 Å². The fourth-order valence-electron chi connectivity index (χ4n) is 2.01. The van der Waals surface area contributed by atoms with Gasteiger partial charge in [-0.1, -0.05) is 0 Å². The number of aromatic hydroxyl groups is 1. The monoisotopic (exact) mass is 193 g/mol. The summed E-state index contributed by atoms with van der Waals surface area (Å²) >= 11 is 0. The number of hydrogen-bond acceptors (Lipinski definition) is 3. The first-order valence-corrected chi connectivity index (χ1v) is 4.91. The largest absolute Gasteiger partial charge is 0.508 e. The summed E-state index contributed by atoms with van der Waals surface area (Å²) in [5.74, 6) is 0.611. The molecule has 3 heteroatoms. The van der Waals surface area contributed by atoms with Gasteiger partial charge in [0.05, 0.1) is 6.10 Å². The molecule has 0 aliphatic carbocycles. The Morgan fingerprint density at radius 3 is 3.07 bits per heavy atom. The fourth-order valence-corrected chi connectivity index (χ4v) is 2.01. The zero-order valence-electron chi connectivity index (χ0n) is 8.20. The zero-order chi connectivity index (χ0) is 10.1. The highest BCUT2D eigenvalue weighted by Gasteiger charge is 2.23. The van der Waals surface area contributed by atoms with Crippen molar-refractivity contribution in [1.29, 1.82) is 0 Å². The number of aliphatic hydroxyl groups is 1. The topological polar surface area (TPSA) is 52.5 Å². The third-order valence-corrected chi connectivity index (χ3v) is 2.64. The Morgan fingerprint density at radius 2 is 2.36 bits per heavy atom. The van der Waals surface area contributed by atoms with E-state index in [9.17, 15) is 10.2 Å². The average Bonchev–Trinajstić information content (AvgIpc) is 2.47. The summed E-state index contributed by atoms with van der Waals surface area (Å²) < 4.78 is 0. The summed E-state index contributed by atoms with van der Waals surface area (Å²) in [6.45, 7) is 2.64. The van der Waals surface area contributed by atoms with Crippen LogP contribution in [-0.2, 0) is 0 Å². The highest BCUT2D eigenvalue weighted by molar-refractivity contribution is 5.59. The molecule has 1 aromatic rings. The molecule has 1 aliphatic rings. The van der Waals surface area contributed by atoms with Gasteiger partial charge in [0.2, 0.25) is 0 Å². The maximum absolute atomic E-state index is 9.36. The van der Waals surface area contributed by atoms with E-state index < -0.39 is 0 Å². The summed E-state index contributed by atoms with van der Waals surface area (Å²) in [6, 6.07) is 5.34. The van der Waals surface area contributed by atoms with E-state index in [1.54, 1.807) is 19.1 Å². The van der Waals surface area contributed by atoms with Crippen LogP contribution in [-0.4, -0.2) is 22.9 Å². The van der Waals surface area contributed by atoms with Gasteiger partial charge in [0.1, 0.15) is 5.75 Å². The van der Waals surface area contributed by atoms with E-state index in [1.165, 1.54) is 0 Å². The lowest BCUT2D eigenvalue weighted by molar-refractivity contribution is 0.176. The van der Waals surface area contributed by atoms with Gasteiger partial charge >= 0.3 is 0 Å². The van der Waals surface area contributed by atoms with Crippen molar-refractivity contribution in [3.63, 3.8) is 0 Å². The second-order valence-corrected chi connectivity index (χ2v) is 3.93. The second-order valence-electron chi connectivity index (χ2n) is 3.93. The molecule has 2 unspecified atom stereocenters. The van der Waals surface area contributed by atoms with Gasteiger partial charge in [-0.3, -0.25) is 0 Å². The molecule has 0 radical (unpaired) electrons. The molecule has 1 heterocycles. The Balaban J connectivity index is 2.24. The van der Waals surface area contributed by atoms with Gasteiger partial charge < -0.3 is 15.5 Å². The molecule has 0 spiro atoms. The van der Waals surface area contributed by atoms with Crippen LogP contribution in [0.4, 0.5) is 5.69 Å². The second kappa shape index (κ2) is 3.50. The Kier molecular flexibility index (Phi) is 2.33. The first kappa shape index (κ1) is 9.34. The first-order valence-electron chi connectivity index (χ1n) is 4.91. The Labute approximate surface area is 83.4 Å². The summed E-state index contributed by atoms with van der Waals surface area (Å²) in [5.41, 5.74) is 2.19. The zero-order valence-corrected chi connectivity index (χ0v) is 8.20. The molecule has 0 saturated carbocycles.